The van der Waals surface area contributed by atoms with Crippen molar-refractivity contribution in [2.45, 2.75) is 40.5 Å². The van der Waals surface area contributed by atoms with Gasteiger partial charge in [-0.25, -0.2) is 0 Å². The van der Waals surface area contributed by atoms with Gasteiger partial charge in [-0.05, 0) is 0 Å². The molecular weight excluding hydrogens is 100 g/mol. The van der Waals surface area contributed by atoms with Crippen LogP contribution in [0, 0.1) is 0 Å². The summed E-state index contributed by atoms with van der Waals surface area (Å²) in [6, 6.07) is 0. The van der Waals surface area contributed by atoms with Crippen molar-refractivity contribution < 1.29 is 0 Å². The highest BCUT2D eigenvalue weighted by atomic mass is 14.0. The first-order chi connectivity index (χ1) is 2.83. The summed E-state index contributed by atoms with van der Waals surface area (Å²) in [5, 5.41) is 0. The molecule has 0 unspecified atom stereocenters. The van der Waals surface area contributed by atoms with Gasteiger partial charge in [0.05, 0.1) is 0 Å². The van der Waals surface area contributed by atoms with Crippen molar-refractivity contribution >= 4 is 0 Å². The predicted molar refractivity (Wildman–Crippen MR) is 42.0 cm³/mol. The monoisotopic (exact) mass is 122 g/mol. The van der Waals surface area contributed by atoms with Crippen molar-refractivity contribution in [2.75, 3.05) is 0 Å². The third-order valence-electron chi connectivity index (χ3n) is 0. The molecule has 0 radical (unpaired) electrons. The van der Waals surface area contributed by atoms with Gasteiger partial charge in [-0.1, -0.05) is 40.5 Å². The molecule has 2 nitrogen and oxygen atoms in total. The Morgan fingerprint density at radius 3 is 0.625 bits per heavy atom. The van der Waals surface area contributed by atoms with E-state index in [1.165, 1.54) is 12.8 Å². The third kappa shape index (κ3) is 22400. The van der Waals surface area contributed by atoms with Gasteiger partial charge in [0.15, 0.2) is 0 Å². The smallest absolute Gasteiger partial charge is 0.0590 e. The van der Waals surface area contributed by atoms with Crippen molar-refractivity contribution in [3.05, 3.63) is 0 Å². The van der Waals surface area contributed by atoms with Crippen LogP contribution in [-0.2, 0) is 0 Å². The summed E-state index contributed by atoms with van der Waals surface area (Å²) < 4.78 is 0. The van der Waals surface area contributed by atoms with Crippen LogP contribution in [0.25, 0.3) is 0 Å². The first-order valence-electron chi connectivity index (χ1n) is 2.83. The van der Waals surface area contributed by atoms with E-state index in [1.807, 2.05) is 0 Å². The first-order valence-corrected chi connectivity index (χ1v) is 2.83. The molecule has 2 heteroatoms. The Balaban J connectivity index is -0.0000000160. The molecule has 0 atom stereocenters. The molecule has 8 heavy (non-hydrogen) atoms. The van der Waals surface area contributed by atoms with Gasteiger partial charge in [0.2, 0.25) is 0 Å². The summed E-state index contributed by atoms with van der Waals surface area (Å²) in [4.78, 5) is 0. The Morgan fingerprint density at radius 2 is 0.625 bits per heavy atom. The molecule has 0 bridgehead atoms. The first kappa shape index (κ1) is 24.7. The topological polar surface area (TPSA) is 70.0 Å². The van der Waals surface area contributed by atoms with E-state index in [9.17, 15) is 0 Å². The van der Waals surface area contributed by atoms with Gasteiger partial charge in [-0.2, -0.15) is 0 Å². The van der Waals surface area contributed by atoms with E-state index in [-0.39, 0.29) is 12.3 Å². The zero-order valence-corrected chi connectivity index (χ0v) is 6.83. The van der Waals surface area contributed by atoms with Crippen LogP contribution in [0.15, 0.2) is 0 Å². The van der Waals surface area contributed by atoms with E-state index in [2.05, 4.69) is 27.7 Å². The van der Waals surface area contributed by atoms with Crippen molar-refractivity contribution in [1.29, 1.82) is 0 Å². The average molecular weight is 122 g/mol. The van der Waals surface area contributed by atoms with E-state index in [0.29, 0.717) is 0 Å². The Kier molecular flexibility index (Phi) is 203. The molecule has 0 fully saturated rings. The largest absolute Gasteiger partial charge is 0.344 e. The number of hydrogen-bond donors (Lipinski definition) is 2. The molecule has 0 aromatic heterocycles. The third-order valence-corrected chi connectivity index (χ3v) is 0. The SMILES string of the molecule is CCC.CCC.N.N. The summed E-state index contributed by atoms with van der Waals surface area (Å²) in [5.74, 6) is 0. The minimum atomic E-state index is 0. The minimum absolute atomic E-state index is 0. The molecule has 56 valence electrons. The highest BCUT2D eigenvalue weighted by Gasteiger charge is 1.36. The molecule has 0 spiro atoms. The Hall–Kier alpha value is -0.0800. The fourth-order valence-electron chi connectivity index (χ4n) is 0. The van der Waals surface area contributed by atoms with Gasteiger partial charge in [0, 0.05) is 0 Å². The molecule has 0 rings (SSSR count). The second kappa shape index (κ2) is 65.8. The Labute approximate surface area is 53.8 Å². The zero-order chi connectivity index (χ0) is 5.41. The van der Waals surface area contributed by atoms with E-state index in [1.54, 1.807) is 0 Å². The van der Waals surface area contributed by atoms with Crippen LogP contribution in [0.5, 0.6) is 0 Å². The van der Waals surface area contributed by atoms with Gasteiger partial charge in [-0.15, -0.1) is 0 Å². The van der Waals surface area contributed by atoms with E-state index in [0.717, 1.165) is 0 Å². The van der Waals surface area contributed by atoms with Gasteiger partial charge < -0.3 is 12.3 Å². The lowest BCUT2D eigenvalue weighted by atomic mass is 10.6. The fourth-order valence-corrected chi connectivity index (χ4v) is 0. The quantitative estimate of drug-likeness (QED) is 0.518. The lowest BCUT2D eigenvalue weighted by Crippen LogP contribution is -1.27. The summed E-state index contributed by atoms with van der Waals surface area (Å²) in [6.07, 6.45) is 2.50. The summed E-state index contributed by atoms with van der Waals surface area (Å²) >= 11 is 0. The van der Waals surface area contributed by atoms with Gasteiger partial charge in [-0.3, -0.25) is 0 Å². The van der Waals surface area contributed by atoms with Crippen molar-refractivity contribution in [2.24, 2.45) is 0 Å². The lowest BCUT2D eigenvalue weighted by molar-refractivity contribution is 1.09. The van der Waals surface area contributed by atoms with Crippen LogP contribution in [0.1, 0.15) is 40.5 Å². The van der Waals surface area contributed by atoms with E-state index < -0.39 is 0 Å². The number of rotatable bonds is 0. The maximum absolute atomic E-state index is 2.12. The molecule has 0 aliphatic rings. The Bertz CT molecular complexity index is 8.49. The van der Waals surface area contributed by atoms with Gasteiger partial charge in [0.1, 0.15) is 0 Å². The molecule has 0 amide bonds. The molecule has 0 aromatic rings. The minimum Gasteiger partial charge on any atom is -0.344 e. The second-order valence-electron chi connectivity index (χ2n) is 1.41. The van der Waals surface area contributed by atoms with Crippen LogP contribution < -0.4 is 12.3 Å². The molecule has 0 saturated heterocycles. The summed E-state index contributed by atoms with van der Waals surface area (Å²) in [7, 11) is 0. The molecule has 0 heterocycles. The van der Waals surface area contributed by atoms with E-state index in [4.69, 9.17) is 0 Å². The van der Waals surface area contributed by atoms with Crippen LogP contribution in [0.4, 0.5) is 0 Å². The molecule has 0 aliphatic heterocycles. The maximum atomic E-state index is 2.12. The van der Waals surface area contributed by atoms with Gasteiger partial charge >= 0.3 is 0 Å². The van der Waals surface area contributed by atoms with Crippen LogP contribution in [0.3, 0.4) is 0 Å². The van der Waals surface area contributed by atoms with Crippen LogP contribution >= 0.6 is 0 Å². The molecule has 6 N–H and O–H groups in total. The normalized spacial score (nSPS) is 4.50. The van der Waals surface area contributed by atoms with E-state index >= 15 is 0 Å². The lowest BCUT2D eigenvalue weighted by Gasteiger charge is -1.48. The standard InChI is InChI=1S/2C3H8.2H3N/c2*1-3-2;;/h2*3H2,1-2H3;2*1H3. The highest BCUT2D eigenvalue weighted by Crippen LogP contribution is 1.56. The summed E-state index contributed by atoms with van der Waals surface area (Å²) in [5.41, 5.74) is 0. The van der Waals surface area contributed by atoms with Crippen LogP contribution in [-0.4, -0.2) is 0 Å². The van der Waals surface area contributed by atoms with Crippen molar-refractivity contribution in [3.63, 3.8) is 0 Å². The van der Waals surface area contributed by atoms with Crippen molar-refractivity contribution in [1.82, 2.24) is 12.3 Å². The fraction of sp³-hybridized carbons (Fsp3) is 1.00. The number of hydrogen-bond acceptors (Lipinski definition) is 2. The molecule has 0 aromatic carbocycles. The highest BCUT2D eigenvalue weighted by molar-refractivity contribution is 3.92. The molecular formula is C6H22N2. The predicted octanol–water partition coefficient (Wildman–Crippen LogP) is 3.16. The molecule has 0 aliphatic carbocycles. The van der Waals surface area contributed by atoms with Gasteiger partial charge in [0.25, 0.3) is 0 Å². The van der Waals surface area contributed by atoms with Crippen molar-refractivity contribution in [3.8, 4) is 0 Å². The zero-order valence-electron chi connectivity index (χ0n) is 6.83. The average Bonchev–Trinajstić information content (AvgIpc) is 1.39. The molecule has 0 saturated carbocycles. The second-order valence-corrected chi connectivity index (χ2v) is 1.41. The summed E-state index contributed by atoms with van der Waals surface area (Å²) in [6.45, 7) is 8.50. The maximum Gasteiger partial charge on any atom is -0.0590 e. The Morgan fingerprint density at radius 1 is 0.625 bits per heavy atom. The van der Waals surface area contributed by atoms with Crippen LogP contribution in [0.2, 0.25) is 0 Å².